The van der Waals surface area contributed by atoms with Crippen molar-refractivity contribution >= 4 is 45.2 Å². The van der Waals surface area contributed by atoms with E-state index in [1.54, 1.807) is 23.1 Å². The fourth-order valence-electron chi connectivity index (χ4n) is 2.37. The van der Waals surface area contributed by atoms with E-state index in [-0.39, 0.29) is 18.2 Å². The second-order valence-electron chi connectivity index (χ2n) is 5.22. The number of primary amides is 1. The Hall–Kier alpha value is -1.99. The van der Waals surface area contributed by atoms with E-state index in [1.165, 1.54) is 11.8 Å². The lowest BCUT2D eigenvalue weighted by molar-refractivity contribution is -0.125. The van der Waals surface area contributed by atoms with E-state index in [0.29, 0.717) is 11.4 Å². The molecule has 2 amide bonds. The zero-order valence-corrected chi connectivity index (χ0v) is 15.0. The third-order valence-electron chi connectivity index (χ3n) is 3.57. The Morgan fingerprint density at radius 3 is 2.62 bits per heavy atom. The number of nitrogens with zero attached hydrogens (tertiary/aromatic N) is 1. The van der Waals surface area contributed by atoms with Crippen molar-refractivity contribution in [3.05, 3.63) is 53.0 Å². The third-order valence-corrected chi connectivity index (χ3v) is 5.09. The molecule has 2 aromatic rings. The van der Waals surface area contributed by atoms with Crippen molar-refractivity contribution in [1.29, 1.82) is 0 Å². The first-order valence-corrected chi connectivity index (χ1v) is 9.06. The molecular weight excluding hydrogens is 392 g/mol. The Kier molecular flexibility index (Phi) is 5.11. The van der Waals surface area contributed by atoms with E-state index >= 15 is 0 Å². The summed E-state index contributed by atoms with van der Waals surface area (Å²) in [5.41, 5.74) is 6.02. The number of carbonyl (C=O) groups excluding carboxylic acids is 2. The van der Waals surface area contributed by atoms with Crippen LogP contribution in [0.4, 0.5) is 5.69 Å². The van der Waals surface area contributed by atoms with Crippen LogP contribution in [-0.2, 0) is 9.59 Å². The summed E-state index contributed by atoms with van der Waals surface area (Å²) >= 11 is 4.83. The molecule has 0 saturated carbocycles. The predicted molar refractivity (Wildman–Crippen MR) is 97.3 cm³/mol. The van der Waals surface area contributed by atoms with Crippen molar-refractivity contribution in [3.8, 4) is 5.75 Å². The van der Waals surface area contributed by atoms with Gasteiger partial charge in [0, 0.05) is 9.37 Å². The molecule has 1 atom stereocenters. The number of ether oxygens (including phenoxy) is 1. The summed E-state index contributed by atoms with van der Waals surface area (Å²) in [7, 11) is 0. The van der Waals surface area contributed by atoms with Gasteiger partial charge in [-0.05, 0) is 36.4 Å². The highest BCUT2D eigenvalue weighted by molar-refractivity contribution is 9.10. The summed E-state index contributed by atoms with van der Waals surface area (Å²) in [4.78, 5) is 26.7. The van der Waals surface area contributed by atoms with Crippen molar-refractivity contribution in [2.45, 2.75) is 11.0 Å². The van der Waals surface area contributed by atoms with Crippen LogP contribution >= 0.6 is 27.7 Å². The van der Waals surface area contributed by atoms with E-state index in [0.717, 1.165) is 9.37 Å². The Bertz CT molecular complexity index is 767. The van der Waals surface area contributed by atoms with Crippen LogP contribution < -0.4 is 15.4 Å². The van der Waals surface area contributed by atoms with Crippen molar-refractivity contribution in [2.24, 2.45) is 5.73 Å². The first kappa shape index (κ1) is 16.9. The number of halogens is 1. The molecule has 5 nitrogen and oxygen atoms in total. The van der Waals surface area contributed by atoms with Crippen LogP contribution in [0.3, 0.4) is 0 Å². The van der Waals surface area contributed by atoms with Gasteiger partial charge in [0.05, 0.1) is 18.0 Å². The number of thioether (sulfide) groups is 1. The number of nitrogens with two attached hydrogens (primary N) is 1. The van der Waals surface area contributed by atoms with Gasteiger partial charge in [0.25, 0.3) is 5.91 Å². The van der Waals surface area contributed by atoms with Crippen molar-refractivity contribution in [1.82, 2.24) is 0 Å². The fraction of sp³-hybridized carbons (Fsp3) is 0.176. The molecule has 1 heterocycles. The quantitative estimate of drug-likeness (QED) is 0.792. The van der Waals surface area contributed by atoms with Gasteiger partial charge in [-0.25, -0.2) is 0 Å². The lowest BCUT2D eigenvalue weighted by Gasteiger charge is -2.33. The smallest absolute Gasteiger partial charge is 0.260 e. The van der Waals surface area contributed by atoms with Gasteiger partial charge >= 0.3 is 0 Å². The monoisotopic (exact) mass is 406 g/mol. The predicted octanol–water partition coefficient (Wildman–Crippen LogP) is 2.82. The summed E-state index contributed by atoms with van der Waals surface area (Å²) in [6.45, 7) is 0.131. The summed E-state index contributed by atoms with van der Waals surface area (Å²) in [6.07, 6.45) is -0.832. The summed E-state index contributed by atoms with van der Waals surface area (Å²) in [6, 6.07) is 14.9. The zero-order valence-electron chi connectivity index (χ0n) is 12.6. The molecular formula is C17H15BrN2O3S. The molecule has 1 aliphatic rings. The SMILES string of the molecule is NC(=O)[C@@H]1CN(C(=O)CSc2ccc(Br)cc2)c2ccccc2O1. The van der Waals surface area contributed by atoms with Crippen molar-refractivity contribution < 1.29 is 14.3 Å². The van der Waals surface area contributed by atoms with E-state index < -0.39 is 12.0 Å². The normalized spacial score (nSPS) is 16.2. The number of fused-ring (bicyclic) bond motifs is 1. The van der Waals surface area contributed by atoms with Gasteiger partial charge in [-0.15, -0.1) is 11.8 Å². The first-order chi connectivity index (χ1) is 11.5. The van der Waals surface area contributed by atoms with Crippen LogP contribution in [-0.4, -0.2) is 30.2 Å². The standard InChI is InChI=1S/C17H15BrN2O3S/c18-11-5-7-12(8-6-11)24-10-16(21)20-9-15(17(19)22)23-14-4-2-1-3-13(14)20/h1-8,15H,9-10H2,(H2,19,22)/t15-/m0/s1. The van der Waals surface area contributed by atoms with E-state index in [2.05, 4.69) is 15.9 Å². The summed E-state index contributed by atoms with van der Waals surface area (Å²) in [5.74, 6) is 0.0869. The lowest BCUT2D eigenvalue weighted by Crippen LogP contribution is -2.49. The molecule has 0 bridgehead atoms. The van der Waals surface area contributed by atoms with Crippen LogP contribution in [0.25, 0.3) is 0 Å². The molecule has 2 N–H and O–H groups in total. The van der Waals surface area contributed by atoms with Gasteiger partial charge in [0.15, 0.2) is 6.10 Å². The number of hydrogen-bond donors (Lipinski definition) is 1. The van der Waals surface area contributed by atoms with Gasteiger partial charge < -0.3 is 15.4 Å². The highest BCUT2D eigenvalue weighted by atomic mass is 79.9. The maximum atomic E-state index is 12.7. The molecule has 0 unspecified atom stereocenters. The van der Waals surface area contributed by atoms with E-state index in [9.17, 15) is 9.59 Å². The molecule has 7 heteroatoms. The van der Waals surface area contributed by atoms with Gasteiger partial charge in [0.2, 0.25) is 5.91 Å². The number of anilines is 1. The highest BCUT2D eigenvalue weighted by Gasteiger charge is 2.32. The van der Waals surface area contributed by atoms with Crippen LogP contribution in [0.2, 0.25) is 0 Å². The van der Waals surface area contributed by atoms with Crippen LogP contribution in [0.15, 0.2) is 57.9 Å². The average molecular weight is 407 g/mol. The summed E-state index contributed by atoms with van der Waals surface area (Å²) < 4.78 is 6.56. The largest absolute Gasteiger partial charge is 0.477 e. The molecule has 3 rings (SSSR count). The van der Waals surface area contributed by atoms with Gasteiger partial charge in [0.1, 0.15) is 5.75 Å². The second-order valence-corrected chi connectivity index (χ2v) is 7.19. The van der Waals surface area contributed by atoms with Gasteiger partial charge in [-0.3, -0.25) is 9.59 Å². The van der Waals surface area contributed by atoms with Crippen LogP contribution in [0.1, 0.15) is 0 Å². The molecule has 0 saturated heterocycles. The molecule has 0 radical (unpaired) electrons. The topological polar surface area (TPSA) is 72.6 Å². The molecule has 0 fully saturated rings. The number of rotatable bonds is 4. The Morgan fingerprint density at radius 2 is 1.92 bits per heavy atom. The fourth-order valence-corrected chi connectivity index (χ4v) is 3.41. The van der Waals surface area contributed by atoms with E-state index in [1.807, 2.05) is 30.3 Å². The molecule has 124 valence electrons. The maximum absolute atomic E-state index is 12.7. The molecule has 1 aliphatic heterocycles. The molecule has 0 aromatic heterocycles. The minimum absolute atomic E-state index is 0.0927. The number of para-hydroxylation sites is 2. The van der Waals surface area contributed by atoms with Crippen LogP contribution in [0.5, 0.6) is 5.75 Å². The van der Waals surface area contributed by atoms with Crippen molar-refractivity contribution in [3.63, 3.8) is 0 Å². The Balaban J connectivity index is 1.75. The molecule has 2 aromatic carbocycles. The van der Waals surface area contributed by atoms with E-state index in [4.69, 9.17) is 10.5 Å². The first-order valence-electron chi connectivity index (χ1n) is 7.28. The minimum atomic E-state index is -0.832. The Morgan fingerprint density at radius 1 is 1.21 bits per heavy atom. The Labute approximate surface area is 152 Å². The van der Waals surface area contributed by atoms with Crippen molar-refractivity contribution in [2.75, 3.05) is 17.2 Å². The third kappa shape index (κ3) is 3.73. The second kappa shape index (κ2) is 7.27. The molecule has 0 spiro atoms. The number of benzene rings is 2. The maximum Gasteiger partial charge on any atom is 0.260 e. The van der Waals surface area contributed by atoms with Gasteiger partial charge in [-0.1, -0.05) is 28.1 Å². The minimum Gasteiger partial charge on any atom is -0.477 e. The number of carbonyl (C=O) groups is 2. The molecule has 0 aliphatic carbocycles. The van der Waals surface area contributed by atoms with Crippen LogP contribution in [0, 0.1) is 0 Å². The molecule has 24 heavy (non-hydrogen) atoms. The number of amides is 2. The lowest BCUT2D eigenvalue weighted by atomic mass is 10.2. The number of hydrogen-bond acceptors (Lipinski definition) is 4. The summed E-state index contributed by atoms with van der Waals surface area (Å²) in [5, 5.41) is 0. The highest BCUT2D eigenvalue weighted by Crippen LogP contribution is 2.33. The zero-order chi connectivity index (χ0) is 17.1. The van der Waals surface area contributed by atoms with Gasteiger partial charge in [-0.2, -0.15) is 0 Å². The average Bonchev–Trinajstić information content (AvgIpc) is 2.60.